The molecule has 0 aliphatic rings. The summed E-state index contributed by atoms with van der Waals surface area (Å²) < 4.78 is 0. The molecule has 0 aliphatic heterocycles. The number of nitrogens with one attached hydrogen (secondary N) is 1. The van der Waals surface area contributed by atoms with Crippen LogP contribution in [0.5, 0.6) is 0 Å². The van der Waals surface area contributed by atoms with Crippen molar-refractivity contribution >= 4 is 5.91 Å². The first-order valence-corrected chi connectivity index (χ1v) is 7.45. The molecule has 0 fully saturated rings. The predicted molar refractivity (Wildman–Crippen MR) is 84.5 cm³/mol. The van der Waals surface area contributed by atoms with Crippen molar-refractivity contribution in [1.82, 2.24) is 5.32 Å². The van der Waals surface area contributed by atoms with Crippen LogP contribution in [0.1, 0.15) is 64.1 Å². The van der Waals surface area contributed by atoms with E-state index in [0.717, 1.165) is 12.0 Å². The Hall–Kier alpha value is -1.35. The molecule has 0 radical (unpaired) electrons. The van der Waals surface area contributed by atoms with Gasteiger partial charge in [0, 0.05) is 6.54 Å². The van der Waals surface area contributed by atoms with Gasteiger partial charge in [-0.25, -0.2) is 0 Å². The summed E-state index contributed by atoms with van der Waals surface area (Å²) in [5, 5.41) is 3.07. The van der Waals surface area contributed by atoms with Crippen molar-refractivity contribution in [2.24, 2.45) is 11.1 Å². The van der Waals surface area contributed by atoms with E-state index in [0.29, 0.717) is 12.5 Å². The van der Waals surface area contributed by atoms with E-state index in [4.69, 9.17) is 5.73 Å². The fourth-order valence-electron chi connectivity index (χ4n) is 2.02. The van der Waals surface area contributed by atoms with Crippen LogP contribution in [0, 0.1) is 5.41 Å². The number of nitrogens with two attached hydrogens (primary N) is 1. The minimum atomic E-state index is -0.480. The van der Waals surface area contributed by atoms with Crippen molar-refractivity contribution in [1.29, 1.82) is 0 Å². The van der Waals surface area contributed by atoms with Gasteiger partial charge in [0.1, 0.15) is 0 Å². The fourth-order valence-corrected chi connectivity index (χ4v) is 2.02. The maximum atomic E-state index is 12.3. The molecule has 112 valence electrons. The van der Waals surface area contributed by atoms with E-state index in [-0.39, 0.29) is 11.9 Å². The van der Waals surface area contributed by atoms with Gasteiger partial charge < -0.3 is 11.1 Å². The van der Waals surface area contributed by atoms with Crippen molar-refractivity contribution in [2.75, 3.05) is 6.54 Å². The maximum Gasteiger partial charge on any atom is 0.227 e. The monoisotopic (exact) mass is 276 g/mol. The van der Waals surface area contributed by atoms with Crippen molar-refractivity contribution in [3.05, 3.63) is 35.4 Å². The van der Waals surface area contributed by atoms with Gasteiger partial charge in [0.15, 0.2) is 0 Å². The molecule has 3 heteroatoms. The van der Waals surface area contributed by atoms with E-state index in [2.05, 4.69) is 43.4 Å². The van der Waals surface area contributed by atoms with Crippen molar-refractivity contribution in [3.8, 4) is 0 Å². The van der Waals surface area contributed by atoms with E-state index >= 15 is 0 Å². The lowest BCUT2D eigenvalue weighted by Crippen LogP contribution is -2.44. The number of hydrogen-bond acceptors (Lipinski definition) is 2. The molecule has 0 heterocycles. The highest BCUT2D eigenvalue weighted by Gasteiger charge is 2.30. The van der Waals surface area contributed by atoms with E-state index in [1.165, 1.54) is 5.56 Å². The molecule has 2 atom stereocenters. The topological polar surface area (TPSA) is 55.1 Å². The Morgan fingerprint density at radius 3 is 2.10 bits per heavy atom. The molecule has 1 amide bonds. The first-order valence-electron chi connectivity index (χ1n) is 7.45. The third-order valence-electron chi connectivity index (χ3n) is 4.23. The van der Waals surface area contributed by atoms with Gasteiger partial charge in [0.25, 0.3) is 0 Å². The Kier molecular flexibility index (Phi) is 5.75. The van der Waals surface area contributed by atoms with Crippen molar-refractivity contribution in [2.45, 2.75) is 53.0 Å². The highest BCUT2D eigenvalue weighted by molar-refractivity contribution is 5.82. The first-order chi connectivity index (χ1) is 9.34. The second kappa shape index (κ2) is 6.89. The smallest absolute Gasteiger partial charge is 0.227 e. The molecule has 1 rings (SSSR count). The van der Waals surface area contributed by atoms with Crippen LogP contribution in [0.25, 0.3) is 0 Å². The quantitative estimate of drug-likeness (QED) is 0.837. The molecule has 20 heavy (non-hydrogen) atoms. The summed E-state index contributed by atoms with van der Waals surface area (Å²) in [5.41, 5.74) is 7.68. The summed E-state index contributed by atoms with van der Waals surface area (Å²) in [7, 11) is 0. The van der Waals surface area contributed by atoms with Gasteiger partial charge in [-0.05, 0) is 37.3 Å². The maximum absolute atomic E-state index is 12.3. The van der Waals surface area contributed by atoms with E-state index < -0.39 is 5.41 Å². The van der Waals surface area contributed by atoms with Gasteiger partial charge in [-0.1, -0.05) is 45.0 Å². The second-order valence-electron chi connectivity index (χ2n) is 6.13. The van der Waals surface area contributed by atoms with Crippen molar-refractivity contribution in [3.63, 3.8) is 0 Å². The summed E-state index contributed by atoms with van der Waals surface area (Å²) >= 11 is 0. The van der Waals surface area contributed by atoms with Crippen LogP contribution in [0.3, 0.4) is 0 Å². The molecule has 3 nitrogen and oxygen atoms in total. The van der Waals surface area contributed by atoms with Crippen LogP contribution in [0.4, 0.5) is 0 Å². The molecular weight excluding hydrogens is 248 g/mol. The fraction of sp³-hybridized carbons (Fsp3) is 0.588. The zero-order valence-corrected chi connectivity index (χ0v) is 13.4. The SMILES string of the molecule is CCC(C)(CN)C(=O)NC(C)c1ccc(C(C)C)cc1. The van der Waals surface area contributed by atoms with Crippen molar-refractivity contribution < 1.29 is 4.79 Å². The summed E-state index contributed by atoms with van der Waals surface area (Å²) in [6, 6.07) is 8.44. The molecule has 0 spiro atoms. The van der Waals surface area contributed by atoms with E-state index in [1.54, 1.807) is 0 Å². The van der Waals surface area contributed by atoms with Crippen LogP contribution in [-0.2, 0) is 4.79 Å². The third kappa shape index (κ3) is 3.83. The van der Waals surface area contributed by atoms with Gasteiger partial charge in [0.05, 0.1) is 11.5 Å². The lowest BCUT2D eigenvalue weighted by molar-refractivity contribution is -0.130. The summed E-state index contributed by atoms with van der Waals surface area (Å²) in [4.78, 5) is 12.3. The molecule has 0 aromatic heterocycles. The normalized spacial score (nSPS) is 15.8. The van der Waals surface area contributed by atoms with Crippen LogP contribution in [0.15, 0.2) is 24.3 Å². The Labute approximate surface area is 122 Å². The third-order valence-corrected chi connectivity index (χ3v) is 4.23. The van der Waals surface area contributed by atoms with Gasteiger partial charge in [-0.3, -0.25) is 4.79 Å². The number of hydrogen-bond donors (Lipinski definition) is 2. The minimum Gasteiger partial charge on any atom is -0.349 e. The highest BCUT2D eigenvalue weighted by atomic mass is 16.2. The molecule has 3 N–H and O–H groups in total. The molecule has 0 saturated carbocycles. The number of benzene rings is 1. The zero-order valence-electron chi connectivity index (χ0n) is 13.4. The largest absolute Gasteiger partial charge is 0.349 e. The summed E-state index contributed by atoms with van der Waals surface area (Å²) in [6.07, 6.45) is 0.744. The molecule has 0 saturated heterocycles. The number of carbonyl (C=O) groups excluding carboxylic acids is 1. The average molecular weight is 276 g/mol. The van der Waals surface area contributed by atoms with Crippen LogP contribution < -0.4 is 11.1 Å². The molecule has 1 aromatic carbocycles. The molecule has 0 aliphatic carbocycles. The Balaban J connectivity index is 2.76. The van der Waals surface area contributed by atoms with Crippen LogP contribution in [-0.4, -0.2) is 12.5 Å². The predicted octanol–water partition coefficient (Wildman–Crippen LogP) is 3.36. The number of rotatable bonds is 6. The Morgan fingerprint density at radius 1 is 1.20 bits per heavy atom. The van der Waals surface area contributed by atoms with Gasteiger partial charge >= 0.3 is 0 Å². The Morgan fingerprint density at radius 2 is 1.70 bits per heavy atom. The standard InChI is InChI=1S/C17H28N2O/c1-6-17(5,11-18)16(20)19-13(4)15-9-7-14(8-10-15)12(2)3/h7-10,12-13H,6,11,18H2,1-5H3,(H,19,20). The first kappa shape index (κ1) is 16.7. The highest BCUT2D eigenvalue weighted by Crippen LogP contribution is 2.23. The average Bonchev–Trinajstić information content (AvgIpc) is 2.46. The lowest BCUT2D eigenvalue weighted by Gasteiger charge is -2.27. The summed E-state index contributed by atoms with van der Waals surface area (Å²) in [5.74, 6) is 0.553. The molecule has 2 unspecified atom stereocenters. The van der Waals surface area contributed by atoms with Gasteiger partial charge in [-0.15, -0.1) is 0 Å². The van der Waals surface area contributed by atoms with E-state index in [9.17, 15) is 4.79 Å². The van der Waals surface area contributed by atoms with Crippen LogP contribution >= 0.6 is 0 Å². The number of amides is 1. The minimum absolute atomic E-state index is 0.00105. The molecule has 1 aromatic rings. The van der Waals surface area contributed by atoms with Gasteiger partial charge in [0.2, 0.25) is 5.91 Å². The molecule has 0 bridgehead atoms. The zero-order chi connectivity index (χ0) is 15.3. The van der Waals surface area contributed by atoms with E-state index in [1.807, 2.05) is 20.8 Å². The lowest BCUT2D eigenvalue weighted by atomic mass is 9.86. The second-order valence-corrected chi connectivity index (χ2v) is 6.13. The summed E-state index contributed by atoms with van der Waals surface area (Å²) in [6.45, 7) is 10.6. The molecular formula is C17H28N2O. The Bertz CT molecular complexity index is 433. The van der Waals surface area contributed by atoms with Crippen LogP contribution in [0.2, 0.25) is 0 Å². The van der Waals surface area contributed by atoms with Gasteiger partial charge in [-0.2, -0.15) is 0 Å². The number of carbonyl (C=O) groups is 1.